The monoisotopic (exact) mass is 401 g/mol. The molecule has 2 aromatic heterocycles. The van der Waals surface area contributed by atoms with Gasteiger partial charge in [0, 0.05) is 16.8 Å². The summed E-state index contributed by atoms with van der Waals surface area (Å²) in [5, 5.41) is 4.08. The summed E-state index contributed by atoms with van der Waals surface area (Å²) in [6, 6.07) is 20.9. The highest BCUT2D eigenvalue weighted by atomic mass is 16.3. The lowest BCUT2D eigenvalue weighted by atomic mass is 10.1. The highest BCUT2D eigenvalue weighted by Crippen LogP contribution is 2.16. The van der Waals surface area contributed by atoms with Crippen molar-refractivity contribution in [3.63, 3.8) is 0 Å². The molecule has 0 bridgehead atoms. The quantitative estimate of drug-likeness (QED) is 0.489. The van der Waals surface area contributed by atoms with E-state index in [1.807, 2.05) is 67.6 Å². The predicted molar refractivity (Wildman–Crippen MR) is 117 cm³/mol. The standard InChI is InChI=1S/C24H23N3O3/c1-17-9-10-22-18(12-17)13-19(24(29)26-22)15-27(16-21-8-5-11-30-21)23(28)14-25-20-6-3-2-4-7-20/h2-13,25H,14-16H2,1H3,(H,26,29). The van der Waals surface area contributed by atoms with Crippen molar-refractivity contribution in [2.45, 2.75) is 20.0 Å². The molecular weight excluding hydrogens is 378 g/mol. The third-order valence-electron chi connectivity index (χ3n) is 4.93. The summed E-state index contributed by atoms with van der Waals surface area (Å²) in [7, 11) is 0. The minimum atomic E-state index is -0.195. The van der Waals surface area contributed by atoms with E-state index in [1.165, 1.54) is 0 Å². The number of carbonyl (C=O) groups is 1. The molecule has 2 heterocycles. The number of carbonyl (C=O) groups excluding carboxylic acids is 1. The van der Waals surface area contributed by atoms with E-state index in [9.17, 15) is 9.59 Å². The Labute approximate surface area is 174 Å². The second kappa shape index (κ2) is 8.69. The van der Waals surface area contributed by atoms with Crippen LogP contribution in [0.3, 0.4) is 0 Å². The number of furan rings is 1. The number of nitrogens with zero attached hydrogens (tertiary/aromatic N) is 1. The second-order valence-corrected chi connectivity index (χ2v) is 7.26. The molecule has 4 rings (SSSR count). The molecule has 0 saturated carbocycles. The van der Waals surface area contributed by atoms with Crippen LogP contribution >= 0.6 is 0 Å². The molecule has 4 aromatic rings. The summed E-state index contributed by atoms with van der Waals surface area (Å²) in [4.78, 5) is 30.2. The van der Waals surface area contributed by atoms with Crippen molar-refractivity contribution >= 4 is 22.5 Å². The first kappa shape index (κ1) is 19.5. The molecule has 6 nitrogen and oxygen atoms in total. The van der Waals surface area contributed by atoms with E-state index < -0.39 is 0 Å². The molecule has 0 fully saturated rings. The number of hydrogen-bond donors (Lipinski definition) is 2. The van der Waals surface area contributed by atoms with Gasteiger partial charge in [-0.3, -0.25) is 9.59 Å². The Morgan fingerprint density at radius 3 is 2.63 bits per heavy atom. The summed E-state index contributed by atoms with van der Waals surface area (Å²) >= 11 is 0. The van der Waals surface area contributed by atoms with E-state index >= 15 is 0 Å². The van der Waals surface area contributed by atoms with Gasteiger partial charge >= 0.3 is 0 Å². The van der Waals surface area contributed by atoms with E-state index in [1.54, 1.807) is 17.2 Å². The zero-order chi connectivity index (χ0) is 20.9. The second-order valence-electron chi connectivity index (χ2n) is 7.26. The van der Waals surface area contributed by atoms with Crippen LogP contribution in [0.15, 0.2) is 82.2 Å². The Kier molecular flexibility index (Phi) is 5.66. The predicted octanol–water partition coefficient (Wildman–Crippen LogP) is 4.07. The number of H-pyrrole nitrogens is 1. The van der Waals surface area contributed by atoms with Gasteiger partial charge in [0.2, 0.25) is 5.91 Å². The Balaban J connectivity index is 1.58. The molecule has 152 valence electrons. The van der Waals surface area contributed by atoms with Crippen LogP contribution in [0.25, 0.3) is 10.9 Å². The number of fused-ring (bicyclic) bond motifs is 1. The number of pyridine rings is 1. The molecule has 0 atom stereocenters. The van der Waals surface area contributed by atoms with Crippen LogP contribution < -0.4 is 10.9 Å². The first-order valence-electron chi connectivity index (χ1n) is 9.80. The smallest absolute Gasteiger partial charge is 0.253 e. The van der Waals surface area contributed by atoms with Gasteiger partial charge in [0.05, 0.1) is 25.9 Å². The average Bonchev–Trinajstić information content (AvgIpc) is 3.26. The Hall–Kier alpha value is -3.80. The van der Waals surface area contributed by atoms with Gasteiger partial charge in [-0.25, -0.2) is 0 Å². The topological polar surface area (TPSA) is 78.3 Å². The molecular formula is C24H23N3O3. The van der Waals surface area contributed by atoms with Crippen LogP contribution in [-0.2, 0) is 17.9 Å². The minimum Gasteiger partial charge on any atom is -0.467 e. The van der Waals surface area contributed by atoms with Crippen molar-refractivity contribution in [1.29, 1.82) is 0 Å². The molecule has 30 heavy (non-hydrogen) atoms. The fraction of sp³-hybridized carbons (Fsp3) is 0.167. The number of para-hydroxylation sites is 1. The molecule has 6 heteroatoms. The molecule has 0 aliphatic heterocycles. The van der Waals surface area contributed by atoms with E-state index in [-0.39, 0.29) is 31.1 Å². The molecule has 2 aromatic carbocycles. The third-order valence-corrected chi connectivity index (χ3v) is 4.93. The first-order valence-corrected chi connectivity index (χ1v) is 9.80. The van der Waals surface area contributed by atoms with Crippen molar-refractivity contribution in [1.82, 2.24) is 9.88 Å². The van der Waals surface area contributed by atoms with Crippen molar-refractivity contribution in [3.05, 3.63) is 100 Å². The Morgan fingerprint density at radius 1 is 1.03 bits per heavy atom. The van der Waals surface area contributed by atoms with Gasteiger partial charge in [-0.15, -0.1) is 0 Å². The van der Waals surface area contributed by atoms with Crippen LogP contribution in [0.2, 0.25) is 0 Å². The van der Waals surface area contributed by atoms with Crippen molar-refractivity contribution in [2.24, 2.45) is 0 Å². The molecule has 1 amide bonds. The van der Waals surface area contributed by atoms with Crippen molar-refractivity contribution in [3.8, 4) is 0 Å². The molecule has 0 unspecified atom stereocenters. The van der Waals surface area contributed by atoms with Gasteiger partial charge in [-0.2, -0.15) is 0 Å². The van der Waals surface area contributed by atoms with Gasteiger partial charge in [0.15, 0.2) is 0 Å². The maximum atomic E-state index is 13.0. The van der Waals surface area contributed by atoms with Crippen molar-refractivity contribution in [2.75, 3.05) is 11.9 Å². The summed E-state index contributed by atoms with van der Waals surface area (Å²) in [5.74, 6) is 0.537. The zero-order valence-electron chi connectivity index (χ0n) is 16.7. The largest absolute Gasteiger partial charge is 0.467 e. The zero-order valence-corrected chi connectivity index (χ0v) is 16.7. The number of nitrogens with one attached hydrogen (secondary N) is 2. The molecule has 0 spiro atoms. The number of aromatic nitrogens is 1. The van der Waals surface area contributed by atoms with Crippen LogP contribution in [0.1, 0.15) is 16.9 Å². The van der Waals surface area contributed by atoms with Crippen molar-refractivity contribution < 1.29 is 9.21 Å². The van der Waals surface area contributed by atoms with Gasteiger partial charge in [-0.05, 0) is 54.8 Å². The number of benzene rings is 2. The third kappa shape index (κ3) is 4.60. The van der Waals surface area contributed by atoms with Gasteiger partial charge in [-0.1, -0.05) is 29.8 Å². The molecule has 0 radical (unpaired) electrons. The number of rotatable bonds is 7. The minimum absolute atomic E-state index is 0.120. The Morgan fingerprint density at radius 2 is 1.87 bits per heavy atom. The highest BCUT2D eigenvalue weighted by molar-refractivity contribution is 5.82. The van der Waals surface area contributed by atoms with Gasteiger partial charge in [0.1, 0.15) is 5.76 Å². The molecule has 0 aliphatic carbocycles. The number of aromatic amines is 1. The average molecular weight is 401 g/mol. The van der Waals surface area contributed by atoms with E-state index in [4.69, 9.17) is 4.42 Å². The van der Waals surface area contributed by atoms with Gasteiger partial charge < -0.3 is 19.6 Å². The SMILES string of the molecule is Cc1ccc2[nH]c(=O)c(CN(Cc3ccco3)C(=O)CNc3ccccc3)cc2c1. The van der Waals surface area contributed by atoms with E-state index in [0.29, 0.717) is 11.3 Å². The molecule has 0 aliphatic rings. The fourth-order valence-corrected chi connectivity index (χ4v) is 3.36. The maximum absolute atomic E-state index is 13.0. The molecule has 2 N–H and O–H groups in total. The summed E-state index contributed by atoms with van der Waals surface area (Å²) < 4.78 is 5.43. The normalized spacial score (nSPS) is 10.8. The summed E-state index contributed by atoms with van der Waals surface area (Å²) in [6.45, 7) is 2.60. The lowest BCUT2D eigenvalue weighted by Crippen LogP contribution is -2.36. The highest BCUT2D eigenvalue weighted by Gasteiger charge is 2.18. The molecule has 0 saturated heterocycles. The Bertz CT molecular complexity index is 1200. The summed E-state index contributed by atoms with van der Waals surface area (Å²) in [6.07, 6.45) is 1.58. The summed E-state index contributed by atoms with van der Waals surface area (Å²) in [5.41, 5.74) is 3.09. The van der Waals surface area contributed by atoms with Crippen LogP contribution in [0, 0.1) is 6.92 Å². The van der Waals surface area contributed by atoms with Crippen LogP contribution in [0.4, 0.5) is 5.69 Å². The number of amides is 1. The van der Waals surface area contributed by atoms with Crippen LogP contribution in [-0.4, -0.2) is 22.3 Å². The fourth-order valence-electron chi connectivity index (χ4n) is 3.36. The lowest BCUT2D eigenvalue weighted by molar-refractivity contribution is -0.130. The number of hydrogen-bond acceptors (Lipinski definition) is 4. The lowest BCUT2D eigenvalue weighted by Gasteiger charge is -2.22. The number of anilines is 1. The first-order chi connectivity index (χ1) is 14.6. The number of aryl methyl sites for hydroxylation is 1. The maximum Gasteiger partial charge on any atom is 0.253 e. The van der Waals surface area contributed by atoms with Gasteiger partial charge in [0.25, 0.3) is 5.56 Å². The van der Waals surface area contributed by atoms with E-state index in [2.05, 4.69) is 10.3 Å². The van der Waals surface area contributed by atoms with Crippen LogP contribution in [0.5, 0.6) is 0 Å². The van der Waals surface area contributed by atoms with E-state index in [0.717, 1.165) is 22.2 Å².